The van der Waals surface area contributed by atoms with Crippen molar-refractivity contribution in [1.29, 1.82) is 0 Å². The quantitative estimate of drug-likeness (QED) is 0.403. The third-order valence-corrected chi connectivity index (χ3v) is 8.39. The van der Waals surface area contributed by atoms with Gasteiger partial charge in [0.1, 0.15) is 0 Å². The zero-order valence-electron chi connectivity index (χ0n) is 20.3. The molecule has 196 valence electrons. The van der Waals surface area contributed by atoms with Crippen molar-refractivity contribution < 1.29 is 22.8 Å². The van der Waals surface area contributed by atoms with Gasteiger partial charge >= 0.3 is 6.03 Å². The Morgan fingerprint density at radius 3 is 2.11 bits per heavy atom. The summed E-state index contributed by atoms with van der Waals surface area (Å²) in [6.45, 7) is 3.43. The number of carbonyl (C=O) groups excluding carboxylic acids is 3. The smallest absolute Gasteiger partial charge is 0.325 e. The second-order valence-electron chi connectivity index (χ2n) is 8.94. The Balaban J connectivity index is 1.26. The zero-order chi connectivity index (χ0) is 26.4. The highest BCUT2D eigenvalue weighted by Crippen LogP contribution is 2.20. The second kappa shape index (κ2) is 11.6. The van der Waals surface area contributed by atoms with Crippen LogP contribution in [-0.4, -0.2) is 90.6 Å². The number of allylic oxidation sites excluding steroid dienone is 1. The van der Waals surface area contributed by atoms with Gasteiger partial charge in [-0.1, -0.05) is 18.2 Å². The van der Waals surface area contributed by atoms with Crippen molar-refractivity contribution >= 4 is 33.8 Å². The van der Waals surface area contributed by atoms with Gasteiger partial charge in [0, 0.05) is 56.6 Å². The van der Waals surface area contributed by atoms with E-state index < -0.39 is 21.3 Å². The number of nitrogens with one attached hydrogen (secondary N) is 1. The van der Waals surface area contributed by atoms with Crippen molar-refractivity contribution in [2.24, 2.45) is 5.73 Å². The minimum Gasteiger partial charge on any atom is -0.351 e. The molecular weight excluding hydrogens is 496 g/mol. The number of piperidine rings is 1. The predicted octanol–water partition coefficient (Wildman–Crippen LogP) is 1.11. The maximum atomic E-state index is 13.0. The van der Waals surface area contributed by atoms with Gasteiger partial charge in [-0.05, 0) is 49.3 Å². The molecule has 12 heteroatoms. The van der Waals surface area contributed by atoms with Crippen LogP contribution < -0.4 is 10.5 Å². The van der Waals surface area contributed by atoms with Crippen LogP contribution in [-0.2, 0) is 10.0 Å². The largest absolute Gasteiger partial charge is 0.351 e. The molecule has 3 amide bonds. The molecule has 0 aliphatic carbocycles. The molecule has 3 N–H and O–H groups in total. The summed E-state index contributed by atoms with van der Waals surface area (Å²) < 4.78 is 26.2. The standard InChI is InChI=1S/C25H30N6O5S/c26-25(34)28-37(35,36)22-10-13-30(14-11-22)31-17-15-29(16-18-31)24(33)20-6-4-19(5-7-20)23(32)9-8-21-3-1-2-12-27-21/h1-9,12,22H,10-11,13-18H2,(H3,26,28,34). The van der Waals surface area contributed by atoms with Crippen molar-refractivity contribution in [2.75, 3.05) is 39.3 Å². The first-order valence-corrected chi connectivity index (χ1v) is 13.6. The number of hydrogen-bond donors (Lipinski definition) is 2. The molecule has 37 heavy (non-hydrogen) atoms. The van der Waals surface area contributed by atoms with E-state index in [-0.39, 0.29) is 11.7 Å². The van der Waals surface area contributed by atoms with Crippen LogP contribution in [0.5, 0.6) is 0 Å². The summed E-state index contributed by atoms with van der Waals surface area (Å²) in [5, 5.41) is 3.60. The number of amides is 3. The lowest BCUT2D eigenvalue weighted by Gasteiger charge is -2.43. The Labute approximate surface area is 216 Å². The molecule has 11 nitrogen and oxygen atoms in total. The lowest BCUT2D eigenvalue weighted by atomic mass is 10.1. The maximum absolute atomic E-state index is 13.0. The normalized spacial score (nSPS) is 18.1. The fourth-order valence-electron chi connectivity index (χ4n) is 4.53. The molecule has 0 spiro atoms. The molecule has 0 radical (unpaired) electrons. The molecule has 1 aromatic carbocycles. The molecule has 2 aromatic rings. The fraction of sp³-hybridized carbons (Fsp3) is 0.360. The van der Waals surface area contributed by atoms with E-state index in [1.165, 1.54) is 6.08 Å². The van der Waals surface area contributed by atoms with Gasteiger partial charge in [0.15, 0.2) is 5.78 Å². The molecule has 3 heterocycles. The number of benzene rings is 1. The molecule has 4 rings (SSSR count). The van der Waals surface area contributed by atoms with E-state index in [2.05, 4.69) is 15.0 Å². The Kier molecular flexibility index (Phi) is 8.31. The average molecular weight is 527 g/mol. The van der Waals surface area contributed by atoms with Crippen molar-refractivity contribution in [1.82, 2.24) is 24.6 Å². The fourth-order valence-corrected chi connectivity index (χ4v) is 5.81. The number of primary amides is 1. The number of urea groups is 1. The highest BCUT2D eigenvalue weighted by molar-refractivity contribution is 7.90. The summed E-state index contributed by atoms with van der Waals surface area (Å²) in [5.41, 5.74) is 6.66. The van der Waals surface area contributed by atoms with Crippen LogP contribution in [0.2, 0.25) is 0 Å². The zero-order valence-corrected chi connectivity index (χ0v) is 21.1. The number of hydrogen-bond acceptors (Lipinski definition) is 8. The predicted molar refractivity (Wildman–Crippen MR) is 138 cm³/mol. The number of nitrogens with zero attached hydrogens (tertiary/aromatic N) is 4. The monoisotopic (exact) mass is 526 g/mol. The van der Waals surface area contributed by atoms with Crippen molar-refractivity contribution in [3.8, 4) is 0 Å². The lowest BCUT2D eigenvalue weighted by molar-refractivity contribution is -0.0629. The molecule has 2 fully saturated rings. The number of ketones is 1. The third kappa shape index (κ3) is 6.79. The molecular formula is C25H30N6O5S. The van der Waals surface area contributed by atoms with Gasteiger partial charge in [0.25, 0.3) is 5.91 Å². The van der Waals surface area contributed by atoms with Crippen LogP contribution in [0, 0.1) is 0 Å². The summed E-state index contributed by atoms with van der Waals surface area (Å²) in [7, 11) is -3.76. The van der Waals surface area contributed by atoms with Gasteiger partial charge in [-0.15, -0.1) is 0 Å². The van der Waals surface area contributed by atoms with Crippen molar-refractivity contribution in [3.63, 3.8) is 0 Å². The van der Waals surface area contributed by atoms with Gasteiger partial charge in [-0.3, -0.25) is 14.6 Å². The number of aromatic nitrogens is 1. The van der Waals surface area contributed by atoms with E-state index in [1.54, 1.807) is 47.5 Å². The van der Waals surface area contributed by atoms with Crippen LogP contribution in [0.4, 0.5) is 4.79 Å². The Hall–Kier alpha value is -3.61. The molecule has 1 aromatic heterocycles. The summed E-state index contributed by atoms with van der Waals surface area (Å²) in [5.74, 6) is -0.259. The lowest BCUT2D eigenvalue weighted by Crippen LogP contribution is -2.57. The minimum atomic E-state index is -3.76. The topological polar surface area (TPSA) is 146 Å². The van der Waals surface area contributed by atoms with Crippen LogP contribution >= 0.6 is 0 Å². The Morgan fingerprint density at radius 2 is 1.51 bits per heavy atom. The van der Waals surface area contributed by atoms with Gasteiger partial charge in [0.05, 0.1) is 10.9 Å². The van der Waals surface area contributed by atoms with Gasteiger partial charge in [-0.25, -0.2) is 28.0 Å². The number of piperazine rings is 1. The first-order valence-electron chi connectivity index (χ1n) is 12.1. The third-order valence-electron chi connectivity index (χ3n) is 6.55. The number of pyridine rings is 1. The molecule has 0 unspecified atom stereocenters. The second-order valence-corrected chi connectivity index (χ2v) is 10.9. The van der Waals surface area contributed by atoms with Gasteiger partial charge in [0.2, 0.25) is 10.0 Å². The van der Waals surface area contributed by atoms with Crippen LogP contribution in [0.25, 0.3) is 6.08 Å². The highest BCUT2D eigenvalue weighted by Gasteiger charge is 2.34. The van der Waals surface area contributed by atoms with Crippen molar-refractivity contribution in [3.05, 3.63) is 71.6 Å². The molecule has 0 saturated carbocycles. The number of rotatable bonds is 7. The minimum absolute atomic E-state index is 0.0926. The summed E-state index contributed by atoms with van der Waals surface area (Å²) in [4.78, 5) is 42.3. The van der Waals surface area contributed by atoms with Crippen molar-refractivity contribution in [2.45, 2.75) is 18.1 Å². The molecule has 2 aliphatic rings. The van der Waals surface area contributed by atoms with E-state index in [4.69, 9.17) is 5.73 Å². The Morgan fingerprint density at radius 1 is 0.892 bits per heavy atom. The number of sulfonamides is 1. The number of carbonyl (C=O) groups is 3. The molecule has 0 bridgehead atoms. The van der Waals surface area contributed by atoms with Crippen LogP contribution in [0.3, 0.4) is 0 Å². The van der Waals surface area contributed by atoms with Gasteiger partial charge in [-0.2, -0.15) is 0 Å². The number of nitrogens with two attached hydrogens (primary N) is 1. The molecule has 2 aliphatic heterocycles. The van der Waals surface area contributed by atoms with Crippen LogP contribution in [0.1, 0.15) is 39.3 Å². The van der Waals surface area contributed by atoms with E-state index in [0.717, 1.165) is 0 Å². The summed E-state index contributed by atoms with van der Waals surface area (Å²) in [6.07, 6.45) is 5.56. The van der Waals surface area contributed by atoms with Gasteiger partial charge < -0.3 is 10.6 Å². The number of hydrazine groups is 1. The van der Waals surface area contributed by atoms with E-state index in [9.17, 15) is 22.8 Å². The average Bonchev–Trinajstić information content (AvgIpc) is 2.91. The Bertz CT molecular complexity index is 1250. The summed E-state index contributed by atoms with van der Waals surface area (Å²) in [6, 6.07) is 11.0. The molecule has 2 saturated heterocycles. The van der Waals surface area contributed by atoms with E-state index in [1.807, 2.05) is 16.9 Å². The first kappa shape index (κ1) is 26.5. The maximum Gasteiger partial charge on any atom is 0.325 e. The molecule has 0 atom stereocenters. The van der Waals surface area contributed by atoms with E-state index in [0.29, 0.717) is 68.9 Å². The van der Waals surface area contributed by atoms with Crippen LogP contribution in [0.15, 0.2) is 54.7 Å². The van der Waals surface area contributed by atoms with E-state index >= 15 is 0 Å². The SMILES string of the molecule is NC(=O)NS(=O)(=O)C1CCN(N2CCN(C(=O)c3ccc(C(=O)C=Cc4ccccn4)cc3)CC2)CC1. The first-order chi connectivity index (χ1) is 17.7. The highest BCUT2D eigenvalue weighted by atomic mass is 32.2. The summed E-state index contributed by atoms with van der Waals surface area (Å²) >= 11 is 0.